The number of rotatable bonds is 5. The van der Waals surface area contributed by atoms with Crippen LogP contribution in [-0.4, -0.2) is 36.8 Å². The summed E-state index contributed by atoms with van der Waals surface area (Å²) in [5.74, 6) is -1.91. The van der Waals surface area contributed by atoms with Crippen LogP contribution in [0.1, 0.15) is 29.7 Å². The van der Waals surface area contributed by atoms with Gasteiger partial charge in [0.2, 0.25) is 5.91 Å². The molecule has 7 nitrogen and oxygen atoms in total. The Bertz CT molecular complexity index is 1310. The molecule has 1 unspecified atom stereocenters. The first-order valence-electron chi connectivity index (χ1n) is 11.2. The van der Waals surface area contributed by atoms with Crippen molar-refractivity contribution in [2.75, 3.05) is 29.2 Å². The Hall–Kier alpha value is -4.39. The van der Waals surface area contributed by atoms with E-state index in [1.54, 1.807) is 36.4 Å². The Morgan fingerprint density at radius 3 is 2.06 bits per heavy atom. The summed E-state index contributed by atoms with van der Waals surface area (Å²) < 4.78 is 0. The maximum Gasteiger partial charge on any atom is 0.300 e. The molecule has 1 heterocycles. The van der Waals surface area contributed by atoms with Gasteiger partial charge in [0.1, 0.15) is 5.76 Å². The lowest BCUT2D eigenvalue weighted by Crippen LogP contribution is -2.29. The van der Waals surface area contributed by atoms with Crippen LogP contribution in [0.15, 0.2) is 78.4 Å². The predicted octanol–water partition coefficient (Wildman–Crippen LogP) is 4.65. The zero-order valence-electron chi connectivity index (χ0n) is 20.1. The first kappa shape index (κ1) is 23.8. The Morgan fingerprint density at radius 2 is 1.51 bits per heavy atom. The van der Waals surface area contributed by atoms with E-state index < -0.39 is 17.7 Å². The maximum atomic E-state index is 13.3. The van der Waals surface area contributed by atoms with Crippen LogP contribution >= 0.6 is 0 Å². The topological polar surface area (TPSA) is 90.0 Å². The third-order valence-electron chi connectivity index (χ3n) is 5.96. The molecular weight excluding hydrogens is 442 g/mol. The molecule has 1 aliphatic heterocycles. The minimum absolute atomic E-state index is 0.0300. The molecule has 3 aromatic carbocycles. The van der Waals surface area contributed by atoms with Crippen LogP contribution in [0, 0.1) is 6.92 Å². The minimum atomic E-state index is -0.820. The fourth-order valence-corrected chi connectivity index (χ4v) is 4.14. The summed E-state index contributed by atoms with van der Waals surface area (Å²) in [6, 6.07) is 20.5. The average molecular weight is 470 g/mol. The largest absolute Gasteiger partial charge is 0.507 e. The van der Waals surface area contributed by atoms with Gasteiger partial charge in [0, 0.05) is 43.6 Å². The molecule has 0 radical (unpaired) electrons. The van der Waals surface area contributed by atoms with Gasteiger partial charge in [-0.25, -0.2) is 0 Å². The van der Waals surface area contributed by atoms with Gasteiger partial charge in [-0.3, -0.25) is 19.3 Å². The third-order valence-corrected chi connectivity index (χ3v) is 5.96. The van der Waals surface area contributed by atoms with Crippen molar-refractivity contribution in [3.8, 4) is 0 Å². The molecule has 0 aliphatic carbocycles. The molecule has 0 bridgehead atoms. The molecule has 2 amide bonds. The van der Waals surface area contributed by atoms with Crippen LogP contribution in [0.2, 0.25) is 0 Å². The molecule has 1 fully saturated rings. The van der Waals surface area contributed by atoms with Gasteiger partial charge >= 0.3 is 0 Å². The highest BCUT2D eigenvalue weighted by atomic mass is 16.3. The van der Waals surface area contributed by atoms with Crippen LogP contribution in [0.25, 0.3) is 5.76 Å². The monoisotopic (exact) mass is 469 g/mol. The molecule has 35 heavy (non-hydrogen) atoms. The number of carbonyl (C=O) groups is 3. The van der Waals surface area contributed by atoms with E-state index in [0.29, 0.717) is 22.5 Å². The van der Waals surface area contributed by atoms with Crippen molar-refractivity contribution in [3.05, 3.63) is 95.1 Å². The Balaban J connectivity index is 1.87. The summed E-state index contributed by atoms with van der Waals surface area (Å²) >= 11 is 0. The van der Waals surface area contributed by atoms with E-state index in [2.05, 4.69) is 5.32 Å². The van der Waals surface area contributed by atoms with Crippen LogP contribution < -0.4 is 15.1 Å². The van der Waals surface area contributed by atoms with Gasteiger partial charge in [-0.2, -0.15) is 0 Å². The lowest BCUT2D eigenvalue weighted by Gasteiger charge is -2.26. The van der Waals surface area contributed by atoms with Gasteiger partial charge in [0.25, 0.3) is 11.7 Å². The number of anilines is 3. The van der Waals surface area contributed by atoms with E-state index >= 15 is 0 Å². The van der Waals surface area contributed by atoms with E-state index in [-0.39, 0.29) is 17.2 Å². The number of amides is 2. The molecule has 0 spiro atoms. The second kappa shape index (κ2) is 9.46. The van der Waals surface area contributed by atoms with Crippen molar-refractivity contribution in [3.63, 3.8) is 0 Å². The molecule has 1 atom stereocenters. The van der Waals surface area contributed by atoms with Gasteiger partial charge in [-0.1, -0.05) is 42.0 Å². The number of aliphatic hydroxyl groups excluding tert-OH is 1. The fourth-order valence-electron chi connectivity index (χ4n) is 4.14. The van der Waals surface area contributed by atoms with Crippen LogP contribution in [0.5, 0.6) is 0 Å². The van der Waals surface area contributed by atoms with E-state index in [4.69, 9.17) is 0 Å². The summed E-state index contributed by atoms with van der Waals surface area (Å²) in [7, 11) is 3.85. The summed E-state index contributed by atoms with van der Waals surface area (Å²) in [6.45, 7) is 3.34. The van der Waals surface area contributed by atoms with Crippen molar-refractivity contribution < 1.29 is 19.5 Å². The number of ketones is 1. The van der Waals surface area contributed by atoms with Gasteiger partial charge in [-0.05, 0) is 48.9 Å². The fraction of sp³-hybridized carbons (Fsp3) is 0.179. The highest BCUT2D eigenvalue weighted by Gasteiger charge is 2.47. The van der Waals surface area contributed by atoms with Crippen molar-refractivity contribution >= 4 is 40.4 Å². The first-order chi connectivity index (χ1) is 16.7. The number of hydrogen-bond donors (Lipinski definition) is 2. The van der Waals surface area contributed by atoms with E-state index in [1.165, 1.54) is 11.8 Å². The standard InChI is InChI=1S/C28H27N3O4/c1-17-5-7-20(8-6-17)26(33)24-25(19-9-13-22(14-10-19)30(3)4)31(28(35)27(24)34)23-15-11-21(12-16-23)29-18(2)32/h5-16,25,33H,1-4H3,(H,29,32)/b26-24-. The normalized spacial score (nSPS) is 16.9. The Labute approximate surface area is 204 Å². The molecule has 4 rings (SSSR count). The quantitative estimate of drug-likeness (QED) is 0.323. The summed E-state index contributed by atoms with van der Waals surface area (Å²) in [6.07, 6.45) is 0. The Morgan fingerprint density at radius 1 is 0.914 bits per heavy atom. The maximum absolute atomic E-state index is 13.3. The lowest BCUT2D eigenvalue weighted by molar-refractivity contribution is -0.132. The number of nitrogens with one attached hydrogen (secondary N) is 1. The molecule has 7 heteroatoms. The number of benzene rings is 3. The van der Waals surface area contributed by atoms with Crippen LogP contribution in [-0.2, 0) is 14.4 Å². The lowest BCUT2D eigenvalue weighted by atomic mass is 9.94. The van der Waals surface area contributed by atoms with Crippen molar-refractivity contribution in [1.82, 2.24) is 0 Å². The number of carbonyl (C=O) groups excluding carboxylic acids is 3. The van der Waals surface area contributed by atoms with Gasteiger partial charge < -0.3 is 15.3 Å². The molecular formula is C28H27N3O4. The molecule has 0 saturated carbocycles. The molecule has 178 valence electrons. The SMILES string of the molecule is CC(=O)Nc1ccc(N2C(=O)C(=O)/C(=C(\O)c3ccc(C)cc3)C2c2ccc(N(C)C)cc2)cc1. The molecule has 2 N–H and O–H groups in total. The number of nitrogens with zero attached hydrogens (tertiary/aromatic N) is 2. The summed E-state index contributed by atoms with van der Waals surface area (Å²) in [4.78, 5) is 41.3. The van der Waals surface area contributed by atoms with E-state index in [0.717, 1.165) is 11.3 Å². The average Bonchev–Trinajstić information content (AvgIpc) is 3.10. The second-order valence-electron chi connectivity index (χ2n) is 8.75. The van der Waals surface area contributed by atoms with Gasteiger partial charge in [0.05, 0.1) is 11.6 Å². The number of Topliss-reactive ketones (excluding diaryl/α,β-unsaturated/α-hetero) is 1. The highest BCUT2D eigenvalue weighted by Crippen LogP contribution is 2.42. The van der Waals surface area contributed by atoms with Crippen molar-refractivity contribution in [1.29, 1.82) is 0 Å². The second-order valence-corrected chi connectivity index (χ2v) is 8.75. The Kier molecular flexibility index (Phi) is 6.42. The molecule has 1 saturated heterocycles. The third kappa shape index (κ3) is 4.66. The summed E-state index contributed by atoms with van der Waals surface area (Å²) in [5.41, 5.74) is 4.21. The smallest absolute Gasteiger partial charge is 0.300 e. The number of aryl methyl sites for hydroxylation is 1. The molecule has 3 aromatic rings. The number of hydrogen-bond acceptors (Lipinski definition) is 5. The summed E-state index contributed by atoms with van der Waals surface area (Å²) in [5, 5.41) is 13.9. The van der Waals surface area contributed by atoms with Crippen molar-refractivity contribution in [2.45, 2.75) is 19.9 Å². The zero-order valence-corrected chi connectivity index (χ0v) is 20.1. The first-order valence-corrected chi connectivity index (χ1v) is 11.2. The minimum Gasteiger partial charge on any atom is -0.507 e. The van der Waals surface area contributed by atoms with Crippen LogP contribution in [0.3, 0.4) is 0 Å². The zero-order chi connectivity index (χ0) is 25.3. The van der Waals surface area contributed by atoms with Crippen LogP contribution in [0.4, 0.5) is 17.1 Å². The number of aliphatic hydroxyl groups is 1. The van der Waals surface area contributed by atoms with Gasteiger partial charge in [-0.15, -0.1) is 0 Å². The van der Waals surface area contributed by atoms with Gasteiger partial charge in [0.15, 0.2) is 0 Å². The molecule has 0 aromatic heterocycles. The van der Waals surface area contributed by atoms with Crippen molar-refractivity contribution in [2.24, 2.45) is 0 Å². The van der Waals surface area contributed by atoms with E-state index in [1.807, 2.05) is 62.3 Å². The predicted molar refractivity (Wildman–Crippen MR) is 137 cm³/mol. The van der Waals surface area contributed by atoms with E-state index in [9.17, 15) is 19.5 Å². The molecule has 1 aliphatic rings. The highest BCUT2D eigenvalue weighted by molar-refractivity contribution is 6.51.